The van der Waals surface area contributed by atoms with E-state index >= 15 is 0 Å². The van der Waals surface area contributed by atoms with E-state index in [0.717, 1.165) is 44.8 Å². The topological polar surface area (TPSA) is 47.0 Å². The molecule has 0 bridgehead atoms. The molecule has 0 unspecified atom stereocenters. The fourth-order valence-corrected chi connectivity index (χ4v) is 4.28. The Balaban J connectivity index is 1.56. The number of nitrogens with zero attached hydrogens (tertiary/aromatic N) is 3. The Labute approximate surface area is 157 Å². The van der Waals surface area contributed by atoms with Crippen LogP contribution in [0.15, 0.2) is 24.3 Å². The molecule has 0 aliphatic carbocycles. The van der Waals surface area contributed by atoms with Crippen LogP contribution in [0.1, 0.15) is 17.5 Å². The number of hydrogen-bond acceptors (Lipinski definition) is 4. The van der Waals surface area contributed by atoms with E-state index in [0.29, 0.717) is 18.9 Å². The summed E-state index contributed by atoms with van der Waals surface area (Å²) in [6, 6.07) is 8.18. The Hall–Kier alpha value is -1.43. The lowest BCUT2D eigenvalue weighted by atomic mass is 9.96. The van der Waals surface area contributed by atoms with Gasteiger partial charge in [0, 0.05) is 45.2 Å². The number of carbonyl (C=O) groups excluding carboxylic acids is 1. The largest absolute Gasteiger partial charge is 0.396 e. The van der Waals surface area contributed by atoms with Gasteiger partial charge in [-0.2, -0.15) is 0 Å². The SMILES string of the molecule is Cc1cccc(CC(=O)N2C[C@@H](CN3CCCN(C)CC3)[C@@H](CO)C2)c1. The molecule has 144 valence electrons. The van der Waals surface area contributed by atoms with Crippen LogP contribution in [-0.2, 0) is 11.2 Å². The lowest BCUT2D eigenvalue weighted by Gasteiger charge is -2.26. The summed E-state index contributed by atoms with van der Waals surface area (Å²) in [6.45, 7) is 9.17. The van der Waals surface area contributed by atoms with Crippen LogP contribution in [0.4, 0.5) is 0 Å². The average molecular weight is 360 g/mol. The van der Waals surface area contributed by atoms with Crippen molar-refractivity contribution in [2.75, 3.05) is 59.5 Å². The van der Waals surface area contributed by atoms with Gasteiger partial charge in [-0.25, -0.2) is 0 Å². The maximum absolute atomic E-state index is 12.7. The molecule has 2 aliphatic heterocycles. The second-order valence-corrected chi connectivity index (χ2v) is 8.12. The number of likely N-dealkylation sites (N-methyl/N-ethyl adjacent to an activating group) is 1. The van der Waals surface area contributed by atoms with E-state index in [-0.39, 0.29) is 18.4 Å². The lowest BCUT2D eigenvalue weighted by Crippen LogP contribution is -2.36. The van der Waals surface area contributed by atoms with Crippen LogP contribution >= 0.6 is 0 Å². The molecule has 1 aromatic carbocycles. The molecule has 2 fully saturated rings. The molecule has 0 radical (unpaired) electrons. The van der Waals surface area contributed by atoms with Gasteiger partial charge in [0.1, 0.15) is 0 Å². The summed E-state index contributed by atoms with van der Waals surface area (Å²) < 4.78 is 0. The van der Waals surface area contributed by atoms with Crippen molar-refractivity contribution in [3.63, 3.8) is 0 Å². The standard InChI is InChI=1S/C21H33N3O2/c1-17-5-3-6-18(11-17)12-21(26)24-14-19(20(15-24)16-25)13-23-8-4-7-22(2)9-10-23/h3,5-6,11,19-20,25H,4,7-10,12-16H2,1-2H3/t19-,20-/m1/s1. The molecule has 1 amide bonds. The van der Waals surface area contributed by atoms with Crippen LogP contribution in [0.5, 0.6) is 0 Å². The monoisotopic (exact) mass is 359 g/mol. The van der Waals surface area contributed by atoms with Crippen LogP contribution in [0.2, 0.25) is 0 Å². The predicted molar refractivity (Wildman–Crippen MR) is 104 cm³/mol. The maximum atomic E-state index is 12.7. The Morgan fingerprint density at radius 1 is 1.15 bits per heavy atom. The number of aliphatic hydroxyl groups excluding tert-OH is 1. The van der Waals surface area contributed by atoms with E-state index in [1.54, 1.807) is 0 Å². The molecule has 1 aromatic rings. The van der Waals surface area contributed by atoms with Gasteiger partial charge in [0.25, 0.3) is 0 Å². The summed E-state index contributed by atoms with van der Waals surface area (Å²) in [5, 5.41) is 9.82. The third kappa shape index (κ3) is 5.06. The number of aryl methyl sites for hydroxylation is 1. The Bertz CT molecular complexity index is 607. The lowest BCUT2D eigenvalue weighted by molar-refractivity contribution is -0.129. The van der Waals surface area contributed by atoms with Crippen LogP contribution in [0.3, 0.4) is 0 Å². The van der Waals surface area contributed by atoms with Gasteiger partial charge >= 0.3 is 0 Å². The molecular weight excluding hydrogens is 326 g/mol. The van der Waals surface area contributed by atoms with Crippen molar-refractivity contribution in [1.82, 2.24) is 14.7 Å². The van der Waals surface area contributed by atoms with Crippen molar-refractivity contribution in [1.29, 1.82) is 0 Å². The molecule has 2 aliphatic rings. The average Bonchev–Trinajstić information content (AvgIpc) is 2.91. The number of likely N-dealkylation sites (tertiary alicyclic amines) is 1. The summed E-state index contributed by atoms with van der Waals surface area (Å²) >= 11 is 0. The minimum atomic E-state index is 0.173. The summed E-state index contributed by atoms with van der Waals surface area (Å²) in [4.78, 5) is 19.6. The van der Waals surface area contributed by atoms with Crippen molar-refractivity contribution in [3.8, 4) is 0 Å². The first-order valence-corrected chi connectivity index (χ1v) is 9.90. The molecule has 2 atom stereocenters. The number of rotatable bonds is 5. The van der Waals surface area contributed by atoms with Gasteiger partial charge in [0.2, 0.25) is 5.91 Å². The number of benzene rings is 1. The molecule has 26 heavy (non-hydrogen) atoms. The summed E-state index contributed by atoms with van der Waals surface area (Å²) in [5.41, 5.74) is 2.27. The third-order valence-electron chi connectivity index (χ3n) is 5.91. The molecule has 5 heteroatoms. The van der Waals surface area contributed by atoms with Gasteiger partial charge in [-0.1, -0.05) is 29.8 Å². The van der Waals surface area contributed by atoms with Crippen molar-refractivity contribution >= 4 is 5.91 Å². The maximum Gasteiger partial charge on any atom is 0.227 e. The molecule has 1 N–H and O–H groups in total. The van der Waals surface area contributed by atoms with Crippen molar-refractivity contribution in [3.05, 3.63) is 35.4 Å². The molecule has 0 aromatic heterocycles. The second-order valence-electron chi connectivity index (χ2n) is 8.12. The highest BCUT2D eigenvalue weighted by molar-refractivity contribution is 5.79. The van der Waals surface area contributed by atoms with Crippen LogP contribution in [0.25, 0.3) is 0 Å². The zero-order valence-corrected chi connectivity index (χ0v) is 16.2. The van der Waals surface area contributed by atoms with Gasteiger partial charge in [0.15, 0.2) is 0 Å². The van der Waals surface area contributed by atoms with E-state index in [2.05, 4.69) is 35.9 Å². The van der Waals surface area contributed by atoms with Gasteiger partial charge in [0.05, 0.1) is 6.42 Å². The van der Waals surface area contributed by atoms with Crippen LogP contribution in [0, 0.1) is 18.8 Å². The smallest absolute Gasteiger partial charge is 0.227 e. The highest BCUT2D eigenvalue weighted by Crippen LogP contribution is 2.25. The number of hydrogen-bond donors (Lipinski definition) is 1. The molecular formula is C21H33N3O2. The minimum Gasteiger partial charge on any atom is -0.396 e. The van der Waals surface area contributed by atoms with Gasteiger partial charge in [-0.3, -0.25) is 4.79 Å². The Kier molecular flexibility index (Phi) is 6.68. The summed E-state index contributed by atoms with van der Waals surface area (Å²) in [6.07, 6.45) is 1.66. The number of amides is 1. The Morgan fingerprint density at radius 3 is 2.73 bits per heavy atom. The van der Waals surface area contributed by atoms with E-state index in [9.17, 15) is 9.90 Å². The molecule has 2 saturated heterocycles. The zero-order chi connectivity index (χ0) is 18.5. The van der Waals surface area contributed by atoms with Gasteiger partial charge in [-0.15, -0.1) is 0 Å². The molecule has 2 heterocycles. The Morgan fingerprint density at radius 2 is 1.96 bits per heavy atom. The van der Waals surface area contributed by atoms with Crippen molar-refractivity contribution in [2.24, 2.45) is 11.8 Å². The van der Waals surface area contributed by atoms with E-state index in [1.807, 2.05) is 17.0 Å². The normalized spacial score (nSPS) is 25.4. The summed E-state index contributed by atoms with van der Waals surface area (Å²) in [7, 11) is 2.18. The molecule has 5 nitrogen and oxygen atoms in total. The molecule has 0 spiro atoms. The first kappa shape index (κ1) is 19.3. The van der Waals surface area contributed by atoms with Gasteiger partial charge < -0.3 is 19.8 Å². The van der Waals surface area contributed by atoms with Gasteiger partial charge in [-0.05, 0) is 45.0 Å². The van der Waals surface area contributed by atoms with Crippen LogP contribution in [-0.4, -0.2) is 85.2 Å². The van der Waals surface area contributed by atoms with E-state index in [4.69, 9.17) is 0 Å². The third-order valence-corrected chi connectivity index (χ3v) is 5.91. The highest BCUT2D eigenvalue weighted by Gasteiger charge is 2.35. The summed E-state index contributed by atoms with van der Waals surface area (Å²) in [5.74, 6) is 0.773. The first-order chi connectivity index (χ1) is 12.5. The van der Waals surface area contributed by atoms with E-state index < -0.39 is 0 Å². The van der Waals surface area contributed by atoms with Crippen LogP contribution < -0.4 is 0 Å². The zero-order valence-electron chi connectivity index (χ0n) is 16.2. The quantitative estimate of drug-likeness (QED) is 0.859. The minimum absolute atomic E-state index is 0.173. The fraction of sp³-hybridized carbons (Fsp3) is 0.667. The first-order valence-electron chi connectivity index (χ1n) is 9.90. The van der Waals surface area contributed by atoms with E-state index in [1.165, 1.54) is 12.0 Å². The highest BCUT2D eigenvalue weighted by atomic mass is 16.3. The second kappa shape index (κ2) is 8.98. The predicted octanol–water partition coefficient (Wildman–Crippen LogP) is 1.24. The number of aliphatic hydroxyl groups is 1. The number of carbonyl (C=O) groups is 1. The van der Waals surface area contributed by atoms with Crippen molar-refractivity contribution < 1.29 is 9.90 Å². The fourth-order valence-electron chi connectivity index (χ4n) is 4.28. The van der Waals surface area contributed by atoms with Crippen molar-refractivity contribution in [2.45, 2.75) is 19.8 Å². The molecule has 0 saturated carbocycles. The molecule has 3 rings (SSSR count).